The predicted molar refractivity (Wildman–Crippen MR) is 82.9 cm³/mol. The molecule has 0 saturated carbocycles. The van der Waals surface area contributed by atoms with Crippen molar-refractivity contribution in [2.24, 2.45) is 0 Å². The molecule has 0 aliphatic rings. The highest BCUT2D eigenvalue weighted by molar-refractivity contribution is 7.99. The standard InChI is InChI=1S/C14H16ClNO5S/c1-2-20-14(19)16-12(17)9-21-13(18)7-8-22-11-5-3-10(15)4-6-11/h3-6H,2,7-9H2,1H3,(H,16,17,19). The van der Waals surface area contributed by atoms with Crippen LogP contribution < -0.4 is 5.32 Å². The Kier molecular flexibility index (Phi) is 8.39. The summed E-state index contributed by atoms with van der Waals surface area (Å²) in [5.41, 5.74) is 0. The van der Waals surface area contributed by atoms with Crippen LogP contribution in [0, 0.1) is 0 Å². The molecule has 0 saturated heterocycles. The van der Waals surface area contributed by atoms with Crippen molar-refractivity contribution in [3.63, 3.8) is 0 Å². The summed E-state index contributed by atoms with van der Waals surface area (Å²) < 4.78 is 9.26. The Morgan fingerprint density at radius 1 is 1.18 bits per heavy atom. The molecule has 0 aliphatic carbocycles. The highest BCUT2D eigenvalue weighted by Crippen LogP contribution is 2.20. The minimum absolute atomic E-state index is 0.153. The van der Waals surface area contributed by atoms with E-state index in [1.807, 2.05) is 17.4 Å². The molecular formula is C14H16ClNO5S. The second-order valence-electron chi connectivity index (χ2n) is 3.98. The van der Waals surface area contributed by atoms with Crippen molar-refractivity contribution in [3.8, 4) is 0 Å². The SMILES string of the molecule is CCOC(=O)NC(=O)COC(=O)CCSc1ccc(Cl)cc1. The van der Waals surface area contributed by atoms with Crippen molar-refractivity contribution in [1.29, 1.82) is 0 Å². The van der Waals surface area contributed by atoms with E-state index in [1.165, 1.54) is 11.8 Å². The molecule has 1 aromatic rings. The molecule has 1 aromatic carbocycles. The molecule has 2 amide bonds. The zero-order valence-corrected chi connectivity index (χ0v) is 13.5. The number of thioether (sulfide) groups is 1. The normalized spacial score (nSPS) is 9.91. The quantitative estimate of drug-likeness (QED) is 0.604. The number of carbonyl (C=O) groups is 3. The number of ether oxygens (including phenoxy) is 2. The first kappa shape index (κ1) is 18.3. The Hall–Kier alpha value is -1.73. The summed E-state index contributed by atoms with van der Waals surface area (Å²) in [7, 11) is 0. The molecule has 0 spiro atoms. The summed E-state index contributed by atoms with van der Waals surface area (Å²) in [6.45, 7) is 1.26. The molecule has 0 heterocycles. The highest BCUT2D eigenvalue weighted by atomic mass is 35.5. The van der Waals surface area contributed by atoms with Gasteiger partial charge in [-0.2, -0.15) is 0 Å². The van der Waals surface area contributed by atoms with Gasteiger partial charge in [0.25, 0.3) is 5.91 Å². The molecule has 0 atom stereocenters. The van der Waals surface area contributed by atoms with Crippen LogP contribution in [0.1, 0.15) is 13.3 Å². The monoisotopic (exact) mass is 345 g/mol. The van der Waals surface area contributed by atoms with Crippen molar-refractivity contribution in [2.45, 2.75) is 18.2 Å². The van der Waals surface area contributed by atoms with Crippen LogP contribution in [-0.2, 0) is 19.1 Å². The third-order valence-electron chi connectivity index (χ3n) is 2.27. The molecule has 0 unspecified atom stereocenters. The average Bonchev–Trinajstić information content (AvgIpc) is 2.47. The summed E-state index contributed by atoms with van der Waals surface area (Å²) in [5.74, 6) is -0.724. The van der Waals surface area contributed by atoms with E-state index >= 15 is 0 Å². The van der Waals surface area contributed by atoms with E-state index in [-0.39, 0.29) is 13.0 Å². The number of rotatable bonds is 7. The summed E-state index contributed by atoms with van der Waals surface area (Å²) in [6.07, 6.45) is -0.707. The highest BCUT2D eigenvalue weighted by Gasteiger charge is 2.11. The van der Waals surface area contributed by atoms with Crippen LogP contribution >= 0.6 is 23.4 Å². The van der Waals surface area contributed by atoms with E-state index in [2.05, 4.69) is 4.74 Å². The van der Waals surface area contributed by atoms with Gasteiger partial charge in [0, 0.05) is 15.7 Å². The van der Waals surface area contributed by atoms with E-state index in [1.54, 1.807) is 19.1 Å². The van der Waals surface area contributed by atoms with Crippen LogP contribution in [-0.4, -0.2) is 36.9 Å². The lowest BCUT2D eigenvalue weighted by molar-refractivity contribution is -0.147. The number of benzene rings is 1. The van der Waals surface area contributed by atoms with Crippen LogP contribution in [0.2, 0.25) is 5.02 Å². The van der Waals surface area contributed by atoms with Gasteiger partial charge in [-0.15, -0.1) is 11.8 Å². The van der Waals surface area contributed by atoms with E-state index in [0.29, 0.717) is 10.8 Å². The first-order valence-corrected chi connectivity index (χ1v) is 7.88. The van der Waals surface area contributed by atoms with Crippen LogP contribution in [0.3, 0.4) is 0 Å². The van der Waals surface area contributed by atoms with Gasteiger partial charge < -0.3 is 9.47 Å². The van der Waals surface area contributed by atoms with E-state index < -0.39 is 24.6 Å². The maximum Gasteiger partial charge on any atom is 0.413 e. The second-order valence-corrected chi connectivity index (χ2v) is 5.59. The average molecular weight is 346 g/mol. The van der Waals surface area contributed by atoms with E-state index in [9.17, 15) is 14.4 Å². The fraction of sp³-hybridized carbons (Fsp3) is 0.357. The molecule has 1 rings (SSSR count). The van der Waals surface area contributed by atoms with Crippen LogP contribution in [0.4, 0.5) is 4.79 Å². The van der Waals surface area contributed by atoms with Crippen molar-refractivity contribution >= 4 is 41.3 Å². The van der Waals surface area contributed by atoms with Crippen molar-refractivity contribution in [1.82, 2.24) is 5.32 Å². The number of hydrogen-bond acceptors (Lipinski definition) is 6. The lowest BCUT2D eigenvalue weighted by Gasteiger charge is -2.06. The molecule has 22 heavy (non-hydrogen) atoms. The van der Waals surface area contributed by atoms with Crippen molar-refractivity contribution in [3.05, 3.63) is 29.3 Å². The number of imide groups is 1. The smallest absolute Gasteiger partial charge is 0.413 e. The minimum atomic E-state index is -0.859. The Labute approximate surface area is 137 Å². The number of halogens is 1. The summed E-state index contributed by atoms with van der Waals surface area (Å²) in [4.78, 5) is 34.6. The first-order chi connectivity index (χ1) is 10.5. The van der Waals surface area contributed by atoms with Gasteiger partial charge in [0.15, 0.2) is 6.61 Å². The molecule has 8 heteroatoms. The third-order valence-corrected chi connectivity index (χ3v) is 3.54. The Bertz CT molecular complexity index is 520. The molecule has 120 valence electrons. The number of esters is 1. The molecule has 0 aliphatic heterocycles. The van der Waals surface area contributed by atoms with E-state index in [0.717, 1.165) is 4.90 Å². The lowest BCUT2D eigenvalue weighted by atomic mass is 10.4. The molecule has 6 nitrogen and oxygen atoms in total. The van der Waals surface area contributed by atoms with Gasteiger partial charge in [-0.05, 0) is 31.2 Å². The van der Waals surface area contributed by atoms with Crippen LogP contribution in [0.25, 0.3) is 0 Å². The number of alkyl carbamates (subject to hydrolysis) is 1. The zero-order chi connectivity index (χ0) is 16.4. The summed E-state index contributed by atoms with van der Waals surface area (Å²) in [6, 6.07) is 7.24. The van der Waals surface area contributed by atoms with Crippen LogP contribution in [0.5, 0.6) is 0 Å². The number of nitrogens with one attached hydrogen (secondary N) is 1. The van der Waals surface area contributed by atoms with Crippen molar-refractivity contribution < 1.29 is 23.9 Å². The van der Waals surface area contributed by atoms with Crippen LogP contribution in [0.15, 0.2) is 29.2 Å². The second kappa shape index (κ2) is 10.1. The fourth-order valence-corrected chi connectivity index (χ4v) is 2.28. The third kappa shape index (κ3) is 7.90. The zero-order valence-electron chi connectivity index (χ0n) is 12.0. The van der Waals surface area contributed by atoms with Gasteiger partial charge in [-0.1, -0.05) is 11.6 Å². The maximum absolute atomic E-state index is 11.5. The number of hydrogen-bond donors (Lipinski definition) is 1. The lowest BCUT2D eigenvalue weighted by Crippen LogP contribution is -2.34. The molecule has 0 aromatic heterocycles. The van der Waals surface area contributed by atoms with E-state index in [4.69, 9.17) is 16.3 Å². The maximum atomic E-state index is 11.5. The Morgan fingerprint density at radius 2 is 1.86 bits per heavy atom. The van der Waals surface area contributed by atoms with Gasteiger partial charge in [0.1, 0.15) is 0 Å². The Balaban J connectivity index is 2.16. The van der Waals surface area contributed by atoms with Gasteiger partial charge in [-0.3, -0.25) is 14.9 Å². The minimum Gasteiger partial charge on any atom is -0.456 e. The molecular weight excluding hydrogens is 330 g/mol. The summed E-state index contributed by atoms with van der Waals surface area (Å²) >= 11 is 7.24. The Morgan fingerprint density at radius 3 is 2.50 bits per heavy atom. The number of amides is 2. The molecule has 0 fully saturated rings. The molecule has 0 bridgehead atoms. The van der Waals surface area contributed by atoms with Gasteiger partial charge in [0.05, 0.1) is 13.0 Å². The van der Waals surface area contributed by atoms with Gasteiger partial charge >= 0.3 is 12.1 Å². The predicted octanol–water partition coefficient (Wildman–Crippen LogP) is 2.64. The molecule has 1 N–H and O–H groups in total. The largest absolute Gasteiger partial charge is 0.456 e. The van der Waals surface area contributed by atoms with Crippen molar-refractivity contribution in [2.75, 3.05) is 19.0 Å². The van der Waals surface area contributed by atoms with Gasteiger partial charge in [0.2, 0.25) is 0 Å². The molecule has 0 radical (unpaired) electrons. The first-order valence-electron chi connectivity index (χ1n) is 6.52. The number of carbonyl (C=O) groups excluding carboxylic acids is 3. The topological polar surface area (TPSA) is 81.7 Å². The van der Waals surface area contributed by atoms with Gasteiger partial charge in [-0.25, -0.2) is 4.79 Å². The fourth-order valence-electron chi connectivity index (χ4n) is 1.32. The summed E-state index contributed by atoms with van der Waals surface area (Å²) in [5, 5.41) is 2.58.